The molecule has 2 amide bonds. The van der Waals surface area contributed by atoms with Gasteiger partial charge < -0.3 is 16.0 Å². The van der Waals surface area contributed by atoms with E-state index >= 15 is 0 Å². The SMILES string of the molecule is CNC(C(=O)Nc1cc(NC(C)=O)ccc1C)c1cnn(C)c1.Cl. The number of nitrogens with one attached hydrogen (secondary N) is 3. The van der Waals surface area contributed by atoms with Crippen molar-refractivity contribution in [3.8, 4) is 0 Å². The highest BCUT2D eigenvalue weighted by Gasteiger charge is 2.20. The van der Waals surface area contributed by atoms with E-state index in [9.17, 15) is 9.59 Å². The lowest BCUT2D eigenvalue weighted by Crippen LogP contribution is -2.30. The van der Waals surface area contributed by atoms with E-state index in [2.05, 4.69) is 21.0 Å². The summed E-state index contributed by atoms with van der Waals surface area (Å²) in [4.78, 5) is 23.7. The zero-order chi connectivity index (χ0) is 17.0. The third kappa shape index (κ3) is 4.81. The molecule has 0 aliphatic carbocycles. The van der Waals surface area contributed by atoms with E-state index in [1.165, 1.54) is 6.92 Å². The molecule has 2 aromatic rings. The average Bonchev–Trinajstić information content (AvgIpc) is 2.89. The van der Waals surface area contributed by atoms with Crippen molar-refractivity contribution < 1.29 is 9.59 Å². The Morgan fingerprint density at radius 3 is 2.50 bits per heavy atom. The van der Waals surface area contributed by atoms with Gasteiger partial charge in [0.25, 0.3) is 0 Å². The molecule has 0 aliphatic rings. The normalized spacial score (nSPS) is 11.3. The van der Waals surface area contributed by atoms with Gasteiger partial charge in [0, 0.05) is 37.1 Å². The van der Waals surface area contributed by atoms with E-state index in [1.807, 2.05) is 13.0 Å². The molecule has 0 saturated carbocycles. The van der Waals surface area contributed by atoms with Crippen molar-refractivity contribution in [2.75, 3.05) is 17.7 Å². The molecule has 1 aromatic carbocycles. The van der Waals surface area contributed by atoms with Crippen LogP contribution in [0.25, 0.3) is 0 Å². The second-order valence-electron chi connectivity index (χ2n) is 5.37. The molecule has 1 unspecified atom stereocenters. The highest BCUT2D eigenvalue weighted by Crippen LogP contribution is 2.22. The van der Waals surface area contributed by atoms with Gasteiger partial charge >= 0.3 is 0 Å². The second kappa shape index (κ2) is 8.47. The standard InChI is InChI=1S/C16H21N5O2.ClH/c1-10-5-6-13(19-11(2)22)7-14(10)20-16(23)15(17-3)12-8-18-21(4)9-12;/h5-9,15,17H,1-4H3,(H,19,22)(H,20,23);1H. The van der Waals surface area contributed by atoms with Crippen LogP contribution >= 0.6 is 12.4 Å². The number of rotatable bonds is 5. The molecule has 0 aliphatic heterocycles. The predicted octanol–water partition coefficient (Wildman–Crippen LogP) is 2.01. The molecular weight excluding hydrogens is 330 g/mol. The molecule has 0 fully saturated rings. The molecular formula is C16H22ClN5O2. The molecule has 0 saturated heterocycles. The van der Waals surface area contributed by atoms with Gasteiger partial charge in [-0.05, 0) is 31.7 Å². The summed E-state index contributed by atoms with van der Waals surface area (Å²) in [6.45, 7) is 3.34. The summed E-state index contributed by atoms with van der Waals surface area (Å²) < 4.78 is 1.65. The van der Waals surface area contributed by atoms with Crippen LogP contribution < -0.4 is 16.0 Å². The van der Waals surface area contributed by atoms with Crippen LogP contribution in [-0.2, 0) is 16.6 Å². The Kier molecular flexibility index (Phi) is 6.94. The number of anilines is 2. The molecule has 7 nitrogen and oxygen atoms in total. The van der Waals surface area contributed by atoms with Crippen LogP contribution in [0.3, 0.4) is 0 Å². The van der Waals surface area contributed by atoms with Crippen molar-refractivity contribution in [1.82, 2.24) is 15.1 Å². The van der Waals surface area contributed by atoms with Gasteiger partial charge in [0.1, 0.15) is 6.04 Å². The maximum absolute atomic E-state index is 12.5. The van der Waals surface area contributed by atoms with Crippen molar-refractivity contribution in [2.45, 2.75) is 19.9 Å². The molecule has 1 aromatic heterocycles. The van der Waals surface area contributed by atoms with Gasteiger partial charge in [-0.3, -0.25) is 14.3 Å². The van der Waals surface area contributed by atoms with Crippen molar-refractivity contribution >= 4 is 35.6 Å². The number of hydrogen-bond donors (Lipinski definition) is 3. The van der Waals surface area contributed by atoms with Gasteiger partial charge in [0.05, 0.1) is 6.20 Å². The van der Waals surface area contributed by atoms with Crippen LogP contribution in [0.4, 0.5) is 11.4 Å². The number of likely N-dealkylation sites (N-methyl/N-ethyl adjacent to an activating group) is 1. The minimum atomic E-state index is -0.507. The van der Waals surface area contributed by atoms with Crippen molar-refractivity contribution in [3.05, 3.63) is 41.7 Å². The van der Waals surface area contributed by atoms with Crippen LogP contribution in [0.5, 0.6) is 0 Å². The maximum Gasteiger partial charge on any atom is 0.246 e. The Morgan fingerprint density at radius 1 is 1.25 bits per heavy atom. The van der Waals surface area contributed by atoms with Gasteiger partial charge in [-0.25, -0.2) is 0 Å². The Balaban J connectivity index is 0.00000288. The van der Waals surface area contributed by atoms with E-state index in [0.717, 1.165) is 11.1 Å². The van der Waals surface area contributed by atoms with E-state index < -0.39 is 6.04 Å². The summed E-state index contributed by atoms with van der Waals surface area (Å²) >= 11 is 0. The van der Waals surface area contributed by atoms with E-state index in [-0.39, 0.29) is 24.2 Å². The molecule has 2 rings (SSSR count). The predicted molar refractivity (Wildman–Crippen MR) is 96.4 cm³/mol. The van der Waals surface area contributed by atoms with Gasteiger partial charge in [-0.2, -0.15) is 5.10 Å². The lowest BCUT2D eigenvalue weighted by Gasteiger charge is -2.16. The number of halogens is 1. The number of aryl methyl sites for hydroxylation is 2. The third-order valence-corrected chi connectivity index (χ3v) is 3.42. The minimum absolute atomic E-state index is 0. The summed E-state index contributed by atoms with van der Waals surface area (Å²) in [5.41, 5.74) is 2.99. The minimum Gasteiger partial charge on any atom is -0.326 e. The highest BCUT2D eigenvalue weighted by atomic mass is 35.5. The molecule has 130 valence electrons. The number of hydrogen-bond acceptors (Lipinski definition) is 4. The zero-order valence-corrected chi connectivity index (χ0v) is 14.9. The van der Waals surface area contributed by atoms with Gasteiger partial charge in [0.15, 0.2) is 0 Å². The monoisotopic (exact) mass is 351 g/mol. The molecule has 1 heterocycles. The van der Waals surface area contributed by atoms with Crippen LogP contribution in [-0.4, -0.2) is 28.6 Å². The maximum atomic E-state index is 12.5. The lowest BCUT2D eigenvalue weighted by molar-refractivity contribution is -0.118. The van der Waals surface area contributed by atoms with Crippen LogP contribution in [0, 0.1) is 6.92 Å². The lowest BCUT2D eigenvalue weighted by atomic mass is 10.1. The highest BCUT2D eigenvalue weighted by molar-refractivity contribution is 5.97. The first-order valence-electron chi connectivity index (χ1n) is 7.25. The molecule has 0 radical (unpaired) electrons. The molecule has 3 N–H and O–H groups in total. The Labute approximate surface area is 147 Å². The summed E-state index contributed by atoms with van der Waals surface area (Å²) in [5.74, 6) is -0.349. The number of carbonyl (C=O) groups is 2. The first kappa shape index (κ1) is 19.7. The van der Waals surface area contributed by atoms with Crippen LogP contribution in [0.2, 0.25) is 0 Å². The van der Waals surface area contributed by atoms with Crippen molar-refractivity contribution in [1.29, 1.82) is 0 Å². The summed E-state index contributed by atoms with van der Waals surface area (Å²) in [5, 5.41) is 12.7. The largest absolute Gasteiger partial charge is 0.326 e. The van der Waals surface area contributed by atoms with E-state index in [1.54, 1.807) is 43.3 Å². The molecule has 0 spiro atoms. The van der Waals surface area contributed by atoms with E-state index in [0.29, 0.717) is 11.4 Å². The molecule has 0 bridgehead atoms. The van der Waals surface area contributed by atoms with Gasteiger partial charge in [0.2, 0.25) is 11.8 Å². The Morgan fingerprint density at radius 2 is 1.96 bits per heavy atom. The fourth-order valence-corrected chi connectivity index (χ4v) is 2.28. The molecule has 8 heteroatoms. The Bertz CT molecular complexity index is 729. The van der Waals surface area contributed by atoms with Crippen molar-refractivity contribution in [3.63, 3.8) is 0 Å². The summed E-state index contributed by atoms with van der Waals surface area (Å²) in [7, 11) is 3.52. The number of aromatic nitrogens is 2. The summed E-state index contributed by atoms with van der Waals surface area (Å²) in [6, 6.07) is 4.88. The fraction of sp³-hybridized carbons (Fsp3) is 0.312. The number of benzene rings is 1. The van der Waals surface area contributed by atoms with Gasteiger partial charge in [-0.1, -0.05) is 6.07 Å². The fourth-order valence-electron chi connectivity index (χ4n) is 2.28. The quantitative estimate of drug-likeness (QED) is 0.768. The van der Waals surface area contributed by atoms with Crippen LogP contribution in [0.1, 0.15) is 24.1 Å². The topological polar surface area (TPSA) is 88.1 Å². The number of nitrogens with zero attached hydrogens (tertiary/aromatic N) is 2. The molecule has 24 heavy (non-hydrogen) atoms. The Hall–Kier alpha value is -2.38. The van der Waals surface area contributed by atoms with E-state index in [4.69, 9.17) is 0 Å². The average molecular weight is 352 g/mol. The second-order valence-corrected chi connectivity index (χ2v) is 5.37. The smallest absolute Gasteiger partial charge is 0.246 e. The van der Waals surface area contributed by atoms with Crippen molar-refractivity contribution in [2.24, 2.45) is 7.05 Å². The molecule has 1 atom stereocenters. The zero-order valence-electron chi connectivity index (χ0n) is 14.1. The summed E-state index contributed by atoms with van der Waals surface area (Å²) in [6.07, 6.45) is 3.45. The van der Waals surface area contributed by atoms with Gasteiger partial charge in [-0.15, -0.1) is 12.4 Å². The van der Waals surface area contributed by atoms with Crippen LogP contribution in [0.15, 0.2) is 30.6 Å². The first-order valence-corrected chi connectivity index (χ1v) is 7.25. The number of amides is 2. The first-order chi connectivity index (χ1) is 10.9. The number of carbonyl (C=O) groups excluding carboxylic acids is 2. The third-order valence-electron chi connectivity index (χ3n) is 3.42.